The molecule has 11 heteroatoms. The van der Waals surface area contributed by atoms with Crippen LogP contribution < -0.4 is 10.1 Å². The summed E-state index contributed by atoms with van der Waals surface area (Å²) in [5.74, 6) is -0.291. The number of carbonyl (C=O) groups is 1. The van der Waals surface area contributed by atoms with Gasteiger partial charge < -0.3 is 4.74 Å². The fourth-order valence-corrected chi connectivity index (χ4v) is 3.85. The van der Waals surface area contributed by atoms with Gasteiger partial charge in [0.15, 0.2) is 0 Å². The number of anilines is 1. The predicted molar refractivity (Wildman–Crippen MR) is 125 cm³/mol. The molecule has 0 aromatic heterocycles. The van der Waals surface area contributed by atoms with Crippen molar-refractivity contribution in [1.29, 1.82) is 0 Å². The second-order valence-corrected chi connectivity index (χ2v) is 8.98. The molecule has 184 valence electrons. The second-order valence-electron chi connectivity index (χ2n) is 7.42. The van der Waals surface area contributed by atoms with Crippen molar-refractivity contribution in [3.63, 3.8) is 0 Å². The zero-order chi connectivity index (χ0) is 25.6. The lowest BCUT2D eigenvalue weighted by atomic mass is 10.0. The summed E-state index contributed by atoms with van der Waals surface area (Å²) in [6.45, 7) is 0. The Morgan fingerprint density at radius 2 is 1.51 bits per heavy atom. The maximum atomic E-state index is 13.1. The lowest BCUT2D eigenvalue weighted by molar-refractivity contribution is -0.0600. The maximum Gasteiger partial charge on any atom is 0.431 e. The van der Waals surface area contributed by atoms with Crippen LogP contribution in [-0.2, 0) is 14.8 Å². The van der Waals surface area contributed by atoms with Gasteiger partial charge in [-0.05, 0) is 42.0 Å². The molecule has 0 fully saturated rings. The molecule has 3 aromatic rings. The highest BCUT2D eigenvalue weighted by molar-refractivity contribution is 7.89. The number of methoxy groups -OCH3 is 1. The lowest BCUT2D eigenvalue weighted by Gasteiger charge is -2.24. The number of carbonyl (C=O) groups excluding carboxylic acids is 1. The van der Waals surface area contributed by atoms with E-state index in [9.17, 15) is 26.4 Å². The third-order valence-corrected chi connectivity index (χ3v) is 5.98. The molecular weight excluding hydrogens is 483 g/mol. The van der Waals surface area contributed by atoms with Crippen LogP contribution >= 0.6 is 0 Å². The molecule has 0 saturated heterocycles. The number of ether oxygens (including phenoxy) is 1. The average Bonchev–Trinajstić information content (AvgIpc) is 3.31. The third-order valence-electron chi connectivity index (χ3n) is 5.05. The van der Waals surface area contributed by atoms with E-state index in [4.69, 9.17) is 5.14 Å². The number of sulfonamides is 1. The molecule has 35 heavy (non-hydrogen) atoms. The van der Waals surface area contributed by atoms with E-state index in [0.717, 1.165) is 0 Å². The minimum absolute atomic E-state index is 0.119. The fraction of sp³-hybridized carbons (Fsp3) is 0.167. The molecule has 7 nitrogen and oxygen atoms in total. The predicted octanol–water partition coefficient (Wildman–Crippen LogP) is 4.68. The molecule has 1 aliphatic rings. The Kier molecular flexibility index (Phi) is 7.92. The Labute approximate surface area is 200 Å². The monoisotopic (exact) mass is 505 g/mol. The van der Waals surface area contributed by atoms with Crippen LogP contribution in [0.15, 0.2) is 94.9 Å². The minimum Gasteiger partial charge on any atom is -0.465 e. The highest BCUT2D eigenvalue weighted by Crippen LogP contribution is 2.39. The van der Waals surface area contributed by atoms with Gasteiger partial charge in [0, 0.05) is 6.42 Å². The van der Waals surface area contributed by atoms with Gasteiger partial charge in [0.25, 0.3) is 0 Å². The van der Waals surface area contributed by atoms with Crippen LogP contribution in [0.1, 0.15) is 28.4 Å². The molecule has 0 amide bonds. The van der Waals surface area contributed by atoms with E-state index in [1.165, 1.54) is 36.4 Å². The second kappa shape index (κ2) is 10.7. The van der Waals surface area contributed by atoms with E-state index in [-0.39, 0.29) is 17.3 Å². The molecule has 4 rings (SSSR count). The molecule has 0 saturated carbocycles. The number of nitrogens with zero attached hydrogens (tertiary/aromatic N) is 2. The Morgan fingerprint density at radius 1 is 0.971 bits per heavy atom. The van der Waals surface area contributed by atoms with Gasteiger partial charge in [-0.15, -0.1) is 0 Å². The first kappa shape index (κ1) is 25.9. The van der Waals surface area contributed by atoms with Crippen molar-refractivity contribution in [3.05, 3.63) is 96.1 Å². The van der Waals surface area contributed by atoms with E-state index in [0.29, 0.717) is 16.8 Å². The first-order valence-electron chi connectivity index (χ1n) is 10.3. The highest BCUT2D eigenvalue weighted by Gasteiger charge is 2.43. The quantitative estimate of drug-likeness (QED) is 0.519. The van der Waals surface area contributed by atoms with Crippen LogP contribution in [0, 0.1) is 0 Å². The summed E-state index contributed by atoms with van der Waals surface area (Å²) in [6, 6.07) is 22.2. The number of halogens is 3. The van der Waals surface area contributed by atoms with Crippen LogP contribution in [0.2, 0.25) is 0 Å². The van der Waals surface area contributed by atoms with Gasteiger partial charge in [-0.25, -0.2) is 18.4 Å². The van der Waals surface area contributed by atoms with Crippen LogP contribution in [0.4, 0.5) is 18.9 Å². The summed E-state index contributed by atoms with van der Waals surface area (Å²) in [5.41, 5.74) is 0.739. The smallest absolute Gasteiger partial charge is 0.431 e. The third kappa shape index (κ3) is 6.67. The molecule has 0 bridgehead atoms. The Hall–Kier alpha value is -3.70. The van der Waals surface area contributed by atoms with Crippen molar-refractivity contribution < 1.29 is 31.1 Å². The maximum absolute atomic E-state index is 13.1. The summed E-state index contributed by atoms with van der Waals surface area (Å²) >= 11 is 0. The van der Waals surface area contributed by atoms with E-state index >= 15 is 0 Å². The van der Waals surface area contributed by atoms with Gasteiger partial charge in [-0.3, -0.25) is 5.01 Å². The van der Waals surface area contributed by atoms with Gasteiger partial charge in [-0.2, -0.15) is 18.3 Å². The SMILES string of the molecule is COC(=O)c1ccccc1.NS(=O)(=O)c1ccc(N2N=C(C(F)(F)F)CC2c2ccccc2)cc1. The largest absolute Gasteiger partial charge is 0.465 e. The number of alkyl halides is 3. The average molecular weight is 506 g/mol. The number of hydrogen-bond acceptors (Lipinski definition) is 6. The Morgan fingerprint density at radius 3 is 2.00 bits per heavy atom. The molecule has 1 aliphatic heterocycles. The summed E-state index contributed by atoms with van der Waals surface area (Å²) in [6.07, 6.45) is -4.81. The van der Waals surface area contributed by atoms with Crippen molar-refractivity contribution in [2.45, 2.75) is 23.5 Å². The minimum atomic E-state index is -4.53. The zero-order valence-corrected chi connectivity index (χ0v) is 19.3. The van der Waals surface area contributed by atoms with Gasteiger partial charge in [0.05, 0.1) is 29.3 Å². The van der Waals surface area contributed by atoms with Crippen LogP contribution in [0.5, 0.6) is 0 Å². The molecule has 1 heterocycles. The van der Waals surface area contributed by atoms with E-state index < -0.39 is 28.0 Å². The number of hydrogen-bond donors (Lipinski definition) is 1. The van der Waals surface area contributed by atoms with E-state index in [1.54, 1.807) is 54.6 Å². The normalized spacial score (nSPS) is 15.6. The van der Waals surface area contributed by atoms with Crippen LogP contribution in [0.3, 0.4) is 0 Å². The first-order chi connectivity index (χ1) is 16.5. The zero-order valence-electron chi connectivity index (χ0n) is 18.5. The van der Waals surface area contributed by atoms with E-state index in [1.807, 2.05) is 6.07 Å². The molecular formula is C24H22F3N3O4S. The van der Waals surface area contributed by atoms with Crippen LogP contribution in [-0.4, -0.2) is 33.4 Å². The standard InChI is InChI=1S/C16H14F3N3O2S.C8H8O2/c17-16(18,19)15-10-14(11-4-2-1-3-5-11)22(21-15)12-6-8-13(9-7-12)25(20,23)24;1-10-8(9)7-5-3-2-4-6-7/h1-9,14H,10H2,(H2,20,23,24);2-6H,1H3. The van der Waals surface area contributed by atoms with Crippen LogP contribution in [0.25, 0.3) is 0 Å². The Bertz CT molecular complexity index is 1280. The van der Waals surface area contributed by atoms with Crippen molar-refractivity contribution in [2.75, 3.05) is 12.1 Å². The van der Waals surface area contributed by atoms with Gasteiger partial charge in [-0.1, -0.05) is 48.5 Å². The number of primary sulfonamides is 1. The van der Waals surface area contributed by atoms with Gasteiger partial charge >= 0.3 is 12.1 Å². The molecule has 1 atom stereocenters. The summed E-state index contributed by atoms with van der Waals surface area (Å²) in [5, 5.41) is 10.0. The molecule has 0 radical (unpaired) electrons. The first-order valence-corrected chi connectivity index (χ1v) is 11.8. The summed E-state index contributed by atoms with van der Waals surface area (Å²) < 4.78 is 66.5. The van der Waals surface area contributed by atoms with E-state index in [2.05, 4.69) is 9.84 Å². The Balaban J connectivity index is 0.000000287. The number of nitrogens with two attached hydrogens (primary N) is 1. The van der Waals surface area contributed by atoms with Crippen molar-refractivity contribution >= 4 is 27.4 Å². The highest BCUT2D eigenvalue weighted by atomic mass is 32.2. The molecule has 0 aliphatic carbocycles. The summed E-state index contributed by atoms with van der Waals surface area (Å²) in [7, 11) is -2.51. The van der Waals surface area contributed by atoms with Gasteiger partial charge in [0.1, 0.15) is 5.71 Å². The number of rotatable bonds is 4. The fourth-order valence-electron chi connectivity index (χ4n) is 3.34. The number of benzene rings is 3. The topological polar surface area (TPSA) is 102 Å². The molecule has 1 unspecified atom stereocenters. The number of hydrazone groups is 1. The van der Waals surface area contributed by atoms with Crippen molar-refractivity contribution in [2.24, 2.45) is 10.2 Å². The van der Waals surface area contributed by atoms with Crippen molar-refractivity contribution in [1.82, 2.24) is 0 Å². The molecule has 3 aromatic carbocycles. The van der Waals surface area contributed by atoms with Crippen molar-refractivity contribution in [3.8, 4) is 0 Å². The molecule has 0 spiro atoms. The molecule has 2 N–H and O–H groups in total. The summed E-state index contributed by atoms with van der Waals surface area (Å²) in [4.78, 5) is 10.7. The number of esters is 1. The lowest BCUT2D eigenvalue weighted by Crippen LogP contribution is -2.21. The van der Waals surface area contributed by atoms with Gasteiger partial charge in [0.2, 0.25) is 10.0 Å².